The lowest BCUT2D eigenvalue weighted by Gasteiger charge is -2.36. The van der Waals surface area contributed by atoms with Gasteiger partial charge in [0.05, 0.1) is 16.5 Å². The Morgan fingerprint density at radius 3 is 2.58 bits per heavy atom. The smallest absolute Gasteiger partial charge is 0.254 e. The Morgan fingerprint density at radius 1 is 1.26 bits per heavy atom. The Balaban J connectivity index is 1.76. The average Bonchev–Trinajstić information content (AvgIpc) is 3.23. The van der Waals surface area contributed by atoms with Gasteiger partial charge in [-0.25, -0.2) is 17.5 Å². The SMILES string of the molecule is CC1CCN(C(CNC(=O)c2cc(S(=O)(=O)NC(C)C)ccc2F)c2cccs2)CC1. The van der Waals surface area contributed by atoms with E-state index in [2.05, 4.69) is 21.9 Å². The van der Waals surface area contributed by atoms with Crippen molar-refractivity contribution in [2.24, 2.45) is 5.92 Å². The molecule has 1 aliphatic heterocycles. The van der Waals surface area contributed by atoms with Crippen molar-refractivity contribution in [3.63, 3.8) is 0 Å². The van der Waals surface area contributed by atoms with Crippen LogP contribution in [0.4, 0.5) is 4.39 Å². The molecule has 1 amide bonds. The van der Waals surface area contributed by atoms with E-state index in [0.29, 0.717) is 12.5 Å². The third-order valence-corrected chi connectivity index (χ3v) is 8.10. The summed E-state index contributed by atoms with van der Waals surface area (Å²) in [6, 6.07) is 7.01. The largest absolute Gasteiger partial charge is 0.350 e. The maximum absolute atomic E-state index is 14.4. The normalized spacial score (nSPS) is 17.1. The highest BCUT2D eigenvalue weighted by Gasteiger charge is 2.27. The van der Waals surface area contributed by atoms with E-state index in [1.165, 1.54) is 6.07 Å². The van der Waals surface area contributed by atoms with E-state index in [0.717, 1.165) is 42.9 Å². The number of hydrogen-bond donors (Lipinski definition) is 2. The fraction of sp³-hybridized carbons (Fsp3) is 0.500. The van der Waals surface area contributed by atoms with E-state index in [1.54, 1.807) is 25.2 Å². The van der Waals surface area contributed by atoms with Crippen LogP contribution in [0.15, 0.2) is 40.6 Å². The zero-order chi connectivity index (χ0) is 22.6. The van der Waals surface area contributed by atoms with Crippen molar-refractivity contribution in [2.75, 3.05) is 19.6 Å². The molecule has 1 aliphatic rings. The van der Waals surface area contributed by atoms with E-state index >= 15 is 0 Å². The van der Waals surface area contributed by atoms with Gasteiger partial charge in [0.1, 0.15) is 5.82 Å². The molecule has 1 aromatic carbocycles. The minimum atomic E-state index is -3.82. The van der Waals surface area contributed by atoms with Crippen LogP contribution in [0.25, 0.3) is 0 Å². The summed E-state index contributed by atoms with van der Waals surface area (Å²) in [5, 5.41) is 4.83. The molecule has 170 valence electrons. The Hall–Kier alpha value is -1.81. The highest BCUT2D eigenvalue weighted by atomic mass is 32.2. The van der Waals surface area contributed by atoms with Crippen LogP contribution in [0.3, 0.4) is 0 Å². The van der Waals surface area contributed by atoms with Crippen molar-refractivity contribution in [1.82, 2.24) is 14.9 Å². The van der Waals surface area contributed by atoms with Crippen LogP contribution in [-0.2, 0) is 10.0 Å². The summed E-state index contributed by atoms with van der Waals surface area (Å²) in [4.78, 5) is 16.2. The van der Waals surface area contributed by atoms with Gasteiger partial charge in [0, 0.05) is 17.5 Å². The monoisotopic (exact) mass is 467 g/mol. The first kappa shape index (κ1) is 23.8. The van der Waals surface area contributed by atoms with Crippen molar-refractivity contribution < 1.29 is 17.6 Å². The molecule has 3 rings (SSSR count). The first-order valence-corrected chi connectivity index (χ1v) is 12.9. The molecule has 0 spiro atoms. The van der Waals surface area contributed by atoms with Gasteiger partial charge in [-0.05, 0) is 75.3 Å². The third kappa shape index (κ3) is 6.12. The van der Waals surface area contributed by atoms with Gasteiger partial charge in [-0.3, -0.25) is 9.69 Å². The van der Waals surface area contributed by atoms with E-state index in [-0.39, 0.29) is 22.5 Å². The van der Waals surface area contributed by atoms with Crippen molar-refractivity contribution in [1.29, 1.82) is 0 Å². The number of thiophene rings is 1. The standard InChI is InChI=1S/C22H30FN3O3S2/c1-15(2)25-31(28,29)17-6-7-19(23)18(13-17)22(27)24-14-20(21-5-4-12-30-21)26-10-8-16(3)9-11-26/h4-7,12-13,15-16,20,25H,8-11,14H2,1-3H3,(H,24,27). The topological polar surface area (TPSA) is 78.5 Å². The first-order valence-electron chi connectivity index (χ1n) is 10.5. The van der Waals surface area contributed by atoms with Crippen molar-refractivity contribution in [2.45, 2.75) is 50.6 Å². The molecule has 2 N–H and O–H groups in total. The molecule has 6 nitrogen and oxygen atoms in total. The molecule has 31 heavy (non-hydrogen) atoms. The minimum Gasteiger partial charge on any atom is -0.350 e. The van der Waals surface area contributed by atoms with Crippen LogP contribution in [-0.4, -0.2) is 44.9 Å². The van der Waals surface area contributed by atoms with Gasteiger partial charge in [-0.1, -0.05) is 13.0 Å². The van der Waals surface area contributed by atoms with Crippen molar-refractivity contribution >= 4 is 27.3 Å². The van der Waals surface area contributed by atoms with Gasteiger partial charge in [0.15, 0.2) is 0 Å². The Labute approximate surface area is 187 Å². The number of piperidine rings is 1. The molecule has 0 aliphatic carbocycles. The van der Waals surface area contributed by atoms with Crippen molar-refractivity contribution in [3.8, 4) is 0 Å². The predicted octanol–water partition coefficient (Wildman–Crippen LogP) is 3.78. The van der Waals surface area contributed by atoms with E-state index in [9.17, 15) is 17.6 Å². The highest BCUT2D eigenvalue weighted by molar-refractivity contribution is 7.89. The van der Waals surface area contributed by atoms with Gasteiger partial charge in [0.25, 0.3) is 5.91 Å². The fourth-order valence-corrected chi connectivity index (χ4v) is 5.88. The maximum Gasteiger partial charge on any atom is 0.254 e. The number of rotatable bonds is 8. The molecule has 1 unspecified atom stereocenters. The van der Waals surface area contributed by atoms with Crippen molar-refractivity contribution in [3.05, 3.63) is 52.0 Å². The van der Waals surface area contributed by atoms with Gasteiger partial charge < -0.3 is 5.32 Å². The summed E-state index contributed by atoms with van der Waals surface area (Å²) in [5.74, 6) is -0.681. The number of nitrogens with zero attached hydrogens (tertiary/aromatic N) is 1. The second-order valence-corrected chi connectivity index (χ2v) is 11.1. The number of sulfonamides is 1. The average molecular weight is 468 g/mol. The number of benzene rings is 1. The van der Waals surface area contributed by atoms with E-state index < -0.39 is 21.7 Å². The Morgan fingerprint density at radius 2 is 1.97 bits per heavy atom. The third-order valence-electron chi connectivity index (χ3n) is 5.47. The summed E-state index contributed by atoms with van der Waals surface area (Å²) in [5.41, 5.74) is -0.274. The van der Waals surface area contributed by atoms with E-state index in [4.69, 9.17) is 0 Å². The number of hydrogen-bond acceptors (Lipinski definition) is 5. The molecule has 1 atom stereocenters. The molecule has 0 bridgehead atoms. The molecule has 1 aromatic heterocycles. The van der Waals surface area contributed by atoms with Crippen LogP contribution < -0.4 is 10.0 Å². The molecular weight excluding hydrogens is 437 g/mol. The second-order valence-electron chi connectivity index (χ2n) is 8.38. The highest BCUT2D eigenvalue weighted by Crippen LogP contribution is 2.29. The number of halogens is 1. The molecule has 2 aromatic rings. The summed E-state index contributed by atoms with van der Waals surface area (Å²) < 4.78 is 41.7. The van der Waals surface area contributed by atoms with Crippen LogP contribution in [0.5, 0.6) is 0 Å². The molecule has 0 saturated carbocycles. The summed E-state index contributed by atoms with van der Waals surface area (Å²) in [6.45, 7) is 7.86. The minimum absolute atomic E-state index is 0.00836. The number of amides is 1. The molecule has 1 fully saturated rings. The van der Waals surface area contributed by atoms with Crippen LogP contribution in [0.1, 0.15) is 54.9 Å². The Kier molecular flexibility index (Phi) is 7.85. The zero-order valence-corrected chi connectivity index (χ0v) is 19.7. The number of likely N-dealkylation sites (tertiary alicyclic amines) is 1. The summed E-state index contributed by atoms with van der Waals surface area (Å²) in [7, 11) is -3.82. The molecule has 9 heteroatoms. The molecule has 1 saturated heterocycles. The lowest BCUT2D eigenvalue weighted by Crippen LogP contribution is -2.41. The van der Waals surface area contributed by atoms with E-state index in [1.807, 2.05) is 17.5 Å². The lowest BCUT2D eigenvalue weighted by molar-refractivity contribution is 0.0911. The number of nitrogens with one attached hydrogen (secondary N) is 2. The number of carbonyl (C=O) groups is 1. The summed E-state index contributed by atoms with van der Waals surface area (Å²) >= 11 is 1.63. The molecule has 0 radical (unpaired) electrons. The zero-order valence-electron chi connectivity index (χ0n) is 18.1. The Bertz CT molecular complexity index is 985. The van der Waals surface area contributed by atoms with Gasteiger partial charge in [-0.15, -0.1) is 11.3 Å². The van der Waals surface area contributed by atoms with Gasteiger partial charge in [0.2, 0.25) is 10.0 Å². The maximum atomic E-state index is 14.4. The van der Waals surface area contributed by atoms with Gasteiger partial charge >= 0.3 is 0 Å². The number of carbonyl (C=O) groups excluding carboxylic acids is 1. The van der Waals surface area contributed by atoms with Crippen LogP contribution in [0, 0.1) is 11.7 Å². The van der Waals surface area contributed by atoms with Crippen LogP contribution in [0.2, 0.25) is 0 Å². The predicted molar refractivity (Wildman–Crippen MR) is 121 cm³/mol. The molecule has 2 heterocycles. The van der Waals surface area contributed by atoms with Gasteiger partial charge in [-0.2, -0.15) is 0 Å². The fourth-order valence-electron chi connectivity index (χ4n) is 3.74. The molecular formula is C22H30FN3O3S2. The van der Waals surface area contributed by atoms with Crippen LogP contribution >= 0.6 is 11.3 Å². The first-order chi connectivity index (χ1) is 14.7. The quantitative estimate of drug-likeness (QED) is 0.619. The second kappa shape index (κ2) is 10.2. The summed E-state index contributed by atoms with van der Waals surface area (Å²) in [6.07, 6.45) is 2.21. The lowest BCUT2D eigenvalue weighted by atomic mass is 9.97.